The van der Waals surface area contributed by atoms with Crippen LogP contribution in [0.4, 0.5) is 5.82 Å². The molecule has 7 heteroatoms. The molecular weight excluding hydrogens is 298 g/mol. The average molecular weight is 313 g/mol. The first-order chi connectivity index (χ1) is 10.7. The Morgan fingerprint density at radius 3 is 2.82 bits per heavy atom. The molecule has 22 heavy (non-hydrogen) atoms. The Hall–Kier alpha value is -2.38. The monoisotopic (exact) mass is 313 g/mol. The van der Waals surface area contributed by atoms with E-state index in [1.165, 1.54) is 0 Å². The van der Waals surface area contributed by atoms with Crippen molar-refractivity contribution in [2.45, 2.75) is 12.4 Å². The molecule has 0 fully saturated rings. The van der Waals surface area contributed by atoms with Gasteiger partial charge in [0.25, 0.3) is 0 Å². The van der Waals surface area contributed by atoms with Gasteiger partial charge in [-0.1, -0.05) is 29.3 Å². The summed E-state index contributed by atoms with van der Waals surface area (Å²) in [5.41, 5.74) is 1.10. The highest BCUT2D eigenvalue weighted by Gasteiger charge is 2.28. The van der Waals surface area contributed by atoms with Crippen LogP contribution >= 0.6 is 11.1 Å². The molecule has 3 heterocycles. The van der Waals surface area contributed by atoms with Crippen LogP contribution in [0.3, 0.4) is 0 Å². The van der Waals surface area contributed by atoms with Crippen molar-refractivity contribution >= 4 is 21.9 Å². The Bertz CT molecular complexity index is 839. The predicted molar refractivity (Wildman–Crippen MR) is 87.9 cm³/mol. The van der Waals surface area contributed by atoms with Gasteiger partial charge in [-0.15, -0.1) is 0 Å². The fraction of sp³-hybridized carbons (Fsp3) is 0.133. The molecule has 112 valence electrons. The summed E-state index contributed by atoms with van der Waals surface area (Å²) in [6.45, 7) is 1.95. The number of nitrogens with zero attached hydrogens (tertiary/aromatic N) is 5. The molecule has 1 aliphatic heterocycles. The van der Waals surface area contributed by atoms with Crippen LogP contribution in [0.2, 0.25) is 0 Å². The number of aromatic nitrogens is 4. The van der Waals surface area contributed by atoms with Gasteiger partial charge in [-0.2, -0.15) is 5.10 Å². The van der Waals surface area contributed by atoms with Gasteiger partial charge in [0, 0.05) is 11.8 Å². The van der Waals surface area contributed by atoms with Crippen LogP contribution in [0.25, 0.3) is 5.69 Å². The number of para-hydroxylation sites is 1. The Morgan fingerprint density at radius 1 is 1.18 bits per heavy atom. The fourth-order valence-electron chi connectivity index (χ4n) is 2.53. The van der Waals surface area contributed by atoms with E-state index < -0.39 is 16.5 Å². The minimum atomic E-state index is -0.972. The van der Waals surface area contributed by atoms with E-state index >= 15 is 0 Å². The molecule has 1 aromatic carbocycles. The number of hydrogen-bond donors (Lipinski definition) is 2. The van der Waals surface area contributed by atoms with Gasteiger partial charge in [0.1, 0.15) is 11.8 Å². The van der Waals surface area contributed by atoms with Crippen molar-refractivity contribution in [1.82, 2.24) is 18.7 Å². The smallest absolute Gasteiger partial charge is 0.162 e. The molecule has 1 N–H and O–H groups in total. The first-order valence-corrected chi connectivity index (χ1v) is 8.25. The highest BCUT2D eigenvalue weighted by atomic mass is 32.2. The Balaban J connectivity index is 1.66. The van der Waals surface area contributed by atoms with Gasteiger partial charge in [-0.05, 0) is 19.1 Å². The largest absolute Gasteiger partial charge is 0.378 e. The van der Waals surface area contributed by atoms with E-state index in [-0.39, 0.29) is 0 Å². The van der Waals surface area contributed by atoms with Crippen LogP contribution in [0, 0.1) is 0 Å². The Morgan fingerprint density at radius 2 is 2.00 bits per heavy atom. The van der Waals surface area contributed by atoms with Crippen LogP contribution in [0.15, 0.2) is 60.2 Å². The molecule has 2 atom stereocenters. The third-order valence-corrected chi connectivity index (χ3v) is 5.89. The zero-order chi connectivity index (χ0) is 15.1. The number of aliphatic imine (C=N–C) groups is 1. The highest BCUT2D eigenvalue weighted by Crippen LogP contribution is 2.50. The lowest BCUT2D eigenvalue weighted by Gasteiger charge is -2.23. The molecule has 0 aliphatic carbocycles. The van der Waals surface area contributed by atoms with Crippen LogP contribution < -0.4 is 0 Å². The van der Waals surface area contributed by atoms with Crippen LogP contribution in [-0.4, -0.2) is 28.9 Å². The third kappa shape index (κ3) is 2.06. The van der Waals surface area contributed by atoms with Crippen molar-refractivity contribution < 1.29 is 5.11 Å². The molecule has 1 aliphatic rings. The molecule has 0 radical (unpaired) electrons. The number of fused-ring (bicyclic) bond motifs is 1. The summed E-state index contributed by atoms with van der Waals surface area (Å²) >= 11 is -0.972. The summed E-state index contributed by atoms with van der Waals surface area (Å²) in [5, 5.41) is 16.0. The summed E-state index contributed by atoms with van der Waals surface area (Å²) in [6, 6.07) is 9.84. The second-order valence-corrected chi connectivity index (χ2v) is 7.28. The van der Waals surface area contributed by atoms with E-state index in [0.29, 0.717) is 0 Å². The molecule has 0 spiro atoms. The fourth-order valence-corrected chi connectivity index (χ4v) is 4.54. The lowest BCUT2D eigenvalue weighted by atomic mass is 10.3. The molecule has 0 saturated carbocycles. The van der Waals surface area contributed by atoms with Crippen molar-refractivity contribution in [3.63, 3.8) is 0 Å². The summed E-state index contributed by atoms with van der Waals surface area (Å²) in [6.07, 6.45) is 7.02. The highest BCUT2D eigenvalue weighted by molar-refractivity contribution is 8.29. The van der Waals surface area contributed by atoms with Gasteiger partial charge >= 0.3 is 0 Å². The number of aliphatic hydroxyl groups is 1. The van der Waals surface area contributed by atoms with Crippen molar-refractivity contribution in [2.24, 2.45) is 4.99 Å². The zero-order valence-corrected chi connectivity index (χ0v) is 12.8. The second-order valence-electron chi connectivity index (χ2n) is 5.03. The lowest BCUT2D eigenvalue weighted by molar-refractivity contribution is 0.268. The van der Waals surface area contributed by atoms with E-state index in [4.69, 9.17) is 0 Å². The molecule has 2 aromatic heterocycles. The molecule has 0 saturated heterocycles. The molecule has 0 bridgehead atoms. The maximum Gasteiger partial charge on any atom is 0.162 e. The minimum absolute atomic E-state index is 0.647. The van der Waals surface area contributed by atoms with E-state index in [2.05, 4.69) is 15.1 Å². The summed E-state index contributed by atoms with van der Waals surface area (Å²) < 4.78 is 3.72. The molecule has 4 rings (SSSR count). The second kappa shape index (κ2) is 5.11. The van der Waals surface area contributed by atoms with Gasteiger partial charge in [0.15, 0.2) is 5.82 Å². The van der Waals surface area contributed by atoms with Gasteiger partial charge < -0.3 is 5.11 Å². The Labute approximate surface area is 130 Å². The van der Waals surface area contributed by atoms with Gasteiger partial charge in [-0.3, -0.25) is 3.97 Å². The normalized spacial score (nSPS) is 19.7. The van der Waals surface area contributed by atoms with Gasteiger partial charge in [0.2, 0.25) is 0 Å². The molecular formula is C15H15N5OS. The SMILES string of the molecule is CC1=Nc2cncn2[SH]1C(O)c1cnn(-c2ccccc2)c1. The molecule has 0 amide bonds. The van der Waals surface area contributed by atoms with Crippen molar-refractivity contribution in [3.05, 3.63) is 60.8 Å². The van der Waals surface area contributed by atoms with Crippen molar-refractivity contribution in [2.75, 3.05) is 0 Å². The van der Waals surface area contributed by atoms with Crippen LogP contribution in [0.5, 0.6) is 0 Å². The number of aliphatic hydroxyl groups excluding tert-OH is 1. The van der Waals surface area contributed by atoms with Crippen LogP contribution in [0.1, 0.15) is 17.9 Å². The average Bonchev–Trinajstić information content (AvgIpc) is 3.22. The maximum absolute atomic E-state index is 10.8. The first-order valence-electron chi connectivity index (χ1n) is 6.89. The van der Waals surface area contributed by atoms with Crippen molar-refractivity contribution in [3.8, 4) is 5.69 Å². The quantitative estimate of drug-likeness (QED) is 0.730. The topological polar surface area (TPSA) is 68.2 Å². The lowest BCUT2D eigenvalue weighted by Crippen LogP contribution is -2.07. The Kier molecular flexibility index (Phi) is 3.09. The first kappa shape index (κ1) is 13.3. The van der Waals surface area contributed by atoms with Crippen molar-refractivity contribution in [1.29, 1.82) is 0 Å². The van der Waals surface area contributed by atoms with E-state index in [1.807, 2.05) is 47.4 Å². The molecule has 2 unspecified atom stereocenters. The number of benzene rings is 1. The number of thiol groups is 1. The van der Waals surface area contributed by atoms with E-state index in [9.17, 15) is 5.11 Å². The number of rotatable bonds is 3. The number of imidazole rings is 1. The summed E-state index contributed by atoms with van der Waals surface area (Å²) in [7, 11) is 0. The maximum atomic E-state index is 10.8. The molecule has 6 nitrogen and oxygen atoms in total. The number of hydrogen-bond acceptors (Lipinski definition) is 4. The van der Waals surface area contributed by atoms with Gasteiger partial charge in [-0.25, -0.2) is 14.7 Å². The third-order valence-electron chi connectivity index (χ3n) is 3.59. The van der Waals surface area contributed by atoms with E-state index in [0.717, 1.165) is 22.1 Å². The predicted octanol–water partition coefficient (Wildman–Crippen LogP) is 2.59. The van der Waals surface area contributed by atoms with Gasteiger partial charge in [0.05, 0.1) is 23.1 Å². The summed E-state index contributed by atoms with van der Waals surface area (Å²) in [4.78, 5) is 8.56. The summed E-state index contributed by atoms with van der Waals surface area (Å²) in [5.74, 6) is 0.804. The van der Waals surface area contributed by atoms with E-state index in [1.54, 1.807) is 23.4 Å². The minimum Gasteiger partial charge on any atom is -0.378 e. The standard InChI is InChI=1S/C15H15N5OS/c1-11-18-14-8-16-10-20(14)22(11)15(21)12-7-17-19(9-12)13-5-3-2-4-6-13/h2-10,15,21-22H,1H3. The molecule has 3 aromatic rings. The zero-order valence-electron chi connectivity index (χ0n) is 11.9. The van der Waals surface area contributed by atoms with Crippen LogP contribution in [-0.2, 0) is 0 Å².